The number of thioether (sulfide) groups is 1. The van der Waals surface area contributed by atoms with Crippen LogP contribution in [0.15, 0.2) is 23.4 Å². The molecule has 1 saturated heterocycles. The van der Waals surface area contributed by atoms with Gasteiger partial charge in [-0.05, 0) is 43.9 Å². The topological polar surface area (TPSA) is 81.2 Å². The number of rotatable bonds is 6. The lowest BCUT2D eigenvalue weighted by atomic mass is 10.0. The Balaban J connectivity index is 1.83. The molecule has 2 N–H and O–H groups in total. The minimum absolute atomic E-state index is 0.0446. The van der Waals surface area contributed by atoms with Crippen LogP contribution in [-0.4, -0.2) is 44.6 Å². The Kier molecular flexibility index (Phi) is 6.40. The van der Waals surface area contributed by atoms with E-state index in [0.29, 0.717) is 42.1 Å². The van der Waals surface area contributed by atoms with Crippen molar-refractivity contribution in [2.24, 2.45) is 5.73 Å². The third-order valence-electron chi connectivity index (χ3n) is 4.96. The first kappa shape index (κ1) is 21.5. The highest BCUT2D eigenvalue weighted by atomic mass is 32.2. The van der Waals surface area contributed by atoms with Crippen LogP contribution < -0.4 is 5.73 Å². The zero-order chi connectivity index (χ0) is 21.2. The van der Waals surface area contributed by atoms with Gasteiger partial charge >= 0.3 is 6.18 Å². The van der Waals surface area contributed by atoms with Crippen molar-refractivity contribution in [1.82, 2.24) is 14.5 Å². The van der Waals surface area contributed by atoms with Gasteiger partial charge < -0.3 is 15.2 Å². The second kappa shape index (κ2) is 8.64. The van der Waals surface area contributed by atoms with Gasteiger partial charge in [-0.15, -0.1) is 0 Å². The van der Waals surface area contributed by atoms with Crippen molar-refractivity contribution in [3.8, 4) is 0 Å². The molecule has 0 saturated carbocycles. The third kappa shape index (κ3) is 4.68. The maximum absolute atomic E-state index is 13.1. The number of primary amides is 1. The molecule has 0 aliphatic carbocycles. The first-order valence-corrected chi connectivity index (χ1v) is 10.5. The molecule has 1 aromatic carbocycles. The molecule has 10 heteroatoms. The minimum atomic E-state index is -4.43. The van der Waals surface area contributed by atoms with Gasteiger partial charge in [0.25, 0.3) is 0 Å². The second-order valence-electron chi connectivity index (χ2n) is 7.04. The normalized spacial score (nSPS) is 17.7. The van der Waals surface area contributed by atoms with Crippen LogP contribution in [0.3, 0.4) is 0 Å². The predicted octanol–water partition coefficient (Wildman–Crippen LogP) is 3.42. The predicted molar refractivity (Wildman–Crippen MR) is 104 cm³/mol. The molecule has 2 heterocycles. The summed E-state index contributed by atoms with van der Waals surface area (Å²) in [5.74, 6) is -0.686. The van der Waals surface area contributed by atoms with Crippen molar-refractivity contribution in [2.75, 3.05) is 12.3 Å². The van der Waals surface area contributed by atoms with E-state index in [1.165, 1.54) is 22.7 Å². The van der Waals surface area contributed by atoms with Gasteiger partial charge in [0.15, 0.2) is 5.16 Å². The van der Waals surface area contributed by atoms with Gasteiger partial charge in [0.05, 0.1) is 22.3 Å². The van der Waals surface area contributed by atoms with Crippen molar-refractivity contribution in [1.29, 1.82) is 0 Å². The number of imidazole rings is 1. The Morgan fingerprint density at radius 3 is 2.72 bits per heavy atom. The standard InChI is InChI=1S/C19H23F3N4O2S/c1-2-8-26-15-10-12(19(20,21)22)6-7-13(15)24-18(26)29-11-16(27)25-9-4-3-5-14(25)17(23)28/h6-7,10,14H,2-5,8-9,11H2,1H3,(H2,23,28). The van der Waals surface area contributed by atoms with Gasteiger partial charge in [-0.2, -0.15) is 13.2 Å². The molecule has 158 valence electrons. The van der Waals surface area contributed by atoms with Crippen LogP contribution in [0.1, 0.15) is 38.2 Å². The number of piperidine rings is 1. The monoisotopic (exact) mass is 428 g/mol. The molecule has 1 unspecified atom stereocenters. The first-order valence-electron chi connectivity index (χ1n) is 9.51. The number of amides is 2. The molecule has 1 aromatic heterocycles. The number of aryl methyl sites for hydroxylation is 1. The van der Waals surface area contributed by atoms with Crippen LogP contribution >= 0.6 is 11.8 Å². The highest BCUT2D eigenvalue weighted by molar-refractivity contribution is 7.99. The Morgan fingerprint density at radius 2 is 2.07 bits per heavy atom. The van der Waals surface area contributed by atoms with Crippen molar-refractivity contribution >= 4 is 34.6 Å². The molecule has 1 atom stereocenters. The summed E-state index contributed by atoms with van der Waals surface area (Å²) in [6, 6.07) is 2.86. The number of likely N-dealkylation sites (tertiary alicyclic amines) is 1. The average Bonchev–Trinajstić information content (AvgIpc) is 3.02. The highest BCUT2D eigenvalue weighted by Crippen LogP contribution is 2.33. The fourth-order valence-corrected chi connectivity index (χ4v) is 4.49. The number of alkyl halides is 3. The minimum Gasteiger partial charge on any atom is -0.368 e. The lowest BCUT2D eigenvalue weighted by molar-refractivity contribution is -0.138. The molecule has 6 nitrogen and oxygen atoms in total. The van der Waals surface area contributed by atoms with Crippen LogP contribution in [0.4, 0.5) is 13.2 Å². The summed E-state index contributed by atoms with van der Waals surface area (Å²) in [7, 11) is 0. The molecule has 0 radical (unpaired) electrons. The molecule has 29 heavy (non-hydrogen) atoms. The molecular weight excluding hydrogens is 405 g/mol. The van der Waals surface area contributed by atoms with Crippen LogP contribution in [0.2, 0.25) is 0 Å². The molecular formula is C19H23F3N4O2S. The van der Waals surface area contributed by atoms with Crippen LogP contribution in [-0.2, 0) is 22.3 Å². The summed E-state index contributed by atoms with van der Waals surface area (Å²) in [4.78, 5) is 30.2. The Labute approximate surface area is 170 Å². The summed E-state index contributed by atoms with van der Waals surface area (Å²) in [5, 5.41) is 0.488. The lowest BCUT2D eigenvalue weighted by Gasteiger charge is -2.33. The Hall–Kier alpha value is -2.23. The van der Waals surface area contributed by atoms with E-state index in [0.717, 1.165) is 25.0 Å². The van der Waals surface area contributed by atoms with Crippen LogP contribution in [0.25, 0.3) is 11.0 Å². The highest BCUT2D eigenvalue weighted by Gasteiger charge is 2.32. The van der Waals surface area contributed by atoms with Crippen molar-refractivity contribution in [3.05, 3.63) is 23.8 Å². The summed E-state index contributed by atoms with van der Waals surface area (Å²) in [6.45, 7) is 2.89. The summed E-state index contributed by atoms with van der Waals surface area (Å²) in [5.41, 5.74) is 5.54. The van der Waals surface area contributed by atoms with E-state index in [1.54, 1.807) is 4.57 Å². The number of benzene rings is 1. The summed E-state index contributed by atoms with van der Waals surface area (Å²) in [6.07, 6.45) is -1.51. The summed E-state index contributed by atoms with van der Waals surface area (Å²) < 4.78 is 40.9. The molecule has 2 aromatic rings. The fourth-order valence-electron chi connectivity index (χ4n) is 3.56. The zero-order valence-corrected chi connectivity index (χ0v) is 16.9. The number of nitrogens with two attached hydrogens (primary N) is 1. The number of aromatic nitrogens is 2. The molecule has 0 bridgehead atoms. The van der Waals surface area contributed by atoms with Crippen molar-refractivity contribution in [3.63, 3.8) is 0 Å². The van der Waals surface area contributed by atoms with Gasteiger partial charge in [0.2, 0.25) is 11.8 Å². The number of nitrogens with zero attached hydrogens (tertiary/aromatic N) is 3. The van der Waals surface area contributed by atoms with Gasteiger partial charge in [0.1, 0.15) is 6.04 Å². The maximum Gasteiger partial charge on any atom is 0.416 e. The number of fused-ring (bicyclic) bond motifs is 1. The van der Waals surface area contributed by atoms with Gasteiger partial charge in [-0.3, -0.25) is 9.59 Å². The lowest BCUT2D eigenvalue weighted by Crippen LogP contribution is -2.51. The fraction of sp³-hybridized carbons (Fsp3) is 0.526. The maximum atomic E-state index is 13.1. The first-order chi connectivity index (χ1) is 13.7. The number of carbonyl (C=O) groups excluding carboxylic acids is 2. The van der Waals surface area contributed by atoms with E-state index in [2.05, 4.69) is 4.98 Å². The molecule has 1 aliphatic rings. The quantitative estimate of drug-likeness (QED) is 0.715. The molecule has 1 fully saturated rings. The molecule has 3 rings (SSSR count). The Morgan fingerprint density at radius 1 is 1.31 bits per heavy atom. The number of carbonyl (C=O) groups is 2. The van der Waals surface area contributed by atoms with E-state index in [4.69, 9.17) is 5.73 Å². The van der Waals surface area contributed by atoms with Gasteiger partial charge in [-0.1, -0.05) is 18.7 Å². The Bertz CT molecular complexity index is 913. The van der Waals surface area contributed by atoms with E-state index in [1.807, 2.05) is 6.92 Å². The third-order valence-corrected chi connectivity index (χ3v) is 5.93. The van der Waals surface area contributed by atoms with E-state index in [-0.39, 0.29) is 11.7 Å². The second-order valence-corrected chi connectivity index (χ2v) is 7.98. The van der Waals surface area contributed by atoms with E-state index in [9.17, 15) is 22.8 Å². The van der Waals surface area contributed by atoms with E-state index >= 15 is 0 Å². The molecule has 0 spiro atoms. The van der Waals surface area contributed by atoms with E-state index < -0.39 is 23.7 Å². The largest absolute Gasteiger partial charge is 0.416 e. The van der Waals surface area contributed by atoms with Crippen LogP contribution in [0, 0.1) is 0 Å². The zero-order valence-electron chi connectivity index (χ0n) is 16.0. The number of hydrogen-bond acceptors (Lipinski definition) is 4. The average molecular weight is 428 g/mol. The molecule has 1 aliphatic heterocycles. The van der Waals surface area contributed by atoms with Crippen LogP contribution in [0.5, 0.6) is 0 Å². The summed E-state index contributed by atoms with van der Waals surface area (Å²) >= 11 is 1.17. The van der Waals surface area contributed by atoms with Crippen molar-refractivity contribution in [2.45, 2.75) is 56.5 Å². The van der Waals surface area contributed by atoms with Crippen molar-refractivity contribution < 1.29 is 22.8 Å². The van der Waals surface area contributed by atoms with Gasteiger partial charge in [0, 0.05) is 13.1 Å². The smallest absolute Gasteiger partial charge is 0.368 e. The number of halogens is 3. The van der Waals surface area contributed by atoms with Gasteiger partial charge in [-0.25, -0.2) is 4.98 Å². The molecule has 2 amide bonds. The number of hydrogen-bond donors (Lipinski definition) is 1. The SMILES string of the molecule is CCCn1c(SCC(=O)N2CCCCC2C(N)=O)nc2ccc(C(F)(F)F)cc21.